The van der Waals surface area contributed by atoms with Crippen LogP contribution < -0.4 is 0 Å². The summed E-state index contributed by atoms with van der Waals surface area (Å²) in [6.07, 6.45) is 2.18. The molecule has 1 aromatic heterocycles. The Balaban J connectivity index is 1.95. The van der Waals surface area contributed by atoms with E-state index in [1.165, 1.54) is 0 Å². The van der Waals surface area contributed by atoms with Crippen LogP contribution >= 0.6 is 0 Å². The lowest BCUT2D eigenvalue weighted by molar-refractivity contribution is 0.0652. The molecule has 22 heavy (non-hydrogen) atoms. The van der Waals surface area contributed by atoms with Gasteiger partial charge in [-0.25, -0.2) is 0 Å². The predicted molar refractivity (Wildman–Crippen MR) is 86.0 cm³/mol. The van der Waals surface area contributed by atoms with E-state index < -0.39 is 6.10 Å². The minimum atomic E-state index is -0.391. The third-order valence-electron chi connectivity index (χ3n) is 4.61. The van der Waals surface area contributed by atoms with Gasteiger partial charge >= 0.3 is 0 Å². The van der Waals surface area contributed by atoms with Crippen LogP contribution in [0.5, 0.6) is 0 Å². The number of carbonyl (C=O) groups excluding carboxylic acids is 1. The maximum atomic E-state index is 12.9. The van der Waals surface area contributed by atoms with E-state index in [2.05, 4.69) is 0 Å². The van der Waals surface area contributed by atoms with Crippen LogP contribution in [0.4, 0.5) is 0 Å². The Kier molecular flexibility index (Phi) is 3.96. The summed E-state index contributed by atoms with van der Waals surface area (Å²) in [4.78, 5) is 14.8. The van der Waals surface area contributed by atoms with Crippen molar-refractivity contribution < 1.29 is 14.3 Å². The standard InChI is InChI=1S/C18H23NO3/c1-11-6-4-8-15-13(3)17(22-16(11)15)18(21)19-9-5-7-14(19)10-12(2)20/h4,6,8,12,14,20H,5,7,9-10H2,1-3H3. The highest BCUT2D eigenvalue weighted by molar-refractivity contribution is 5.99. The van der Waals surface area contributed by atoms with Crippen molar-refractivity contribution in [2.24, 2.45) is 0 Å². The smallest absolute Gasteiger partial charge is 0.290 e. The number of hydrogen-bond donors (Lipinski definition) is 1. The zero-order valence-corrected chi connectivity index (χ0v) is 13.4. The summed E-state index contributed by atoms with van der Waals surface area (Å²) in [5.41, 5.74) is 2.75. The van der Waals surface area contributed by atoms with Crippen LogP contribution in [0.25, 0.3) is 11.0 Å². The van der Waals surface area contributed by atoms with E-state index in [0.29, 0.717) is 12.2 Å². The van der Waals surface area contributed by atoms with Crippen molar-refractivity contribution in [2.45, 2.75) is 52.2 Å². The molecule has 1 aliphatic rings. The lowest BCUT2D eigenvalue weighted by Gasteiger charge is -2.25. The Morgan fingerprint density at radius 3 is 2.91 bits per heavy atom. The maximum absolute atomic E-state index is 12.9. The van der Waals surface area contributed by atoms with Crippen molar-refractivity contribution in [3.05, 3.63) is 35.1 Å². The first-order valence-electron chi connectivity index (χ1n) is 7.96. The minimum absolute atomic E-state index is 0.0451. The second kappa shape index (κ2) is 5.76. The second-order valence-corrected chi connectivity index (χ2v) is 6.39. The molecule has 2 atom stereocenters. The zero-order valence-electron chi connectivity index (χ0n) is 13.4. The van der Waals surface area contributed by atoms with E-state index >= 15 is 0 Å². The maximum Gasteiger partial charge on any atom is 0.290 e. The summed E-state index contributed by atoms with van der Waals surface area (Å²) in [6.45, 7) is 6.45. The molecular weight excluding hydrogens is 278 g/mol. The predicted octanol–water partition coefficient (Wildman–Crippen LogP) is 3.43. The molecule has 2 unspecified atom stereocenters. The van der Waals surface area contributed by atoms with Crippen molar-refractivity contribution in [1.82, 2.24) is 4.90 Å². The quantitative estimate of drug-likeness (QED) is 0.945. The fourth-order valence-corrected chi connectivity index (χ4v) is 3.46. The van der Waals surface area contributed by atoms with Crippen LogP contribution in [0.15, 0.2) is 22.6 Å². The number of amides is 1. The van der Waals surface area contributed by atoms with E-state index in [9.17, 15) is 9.90 Å². The third kappa shape index (κ3) is 2.52. The van der Waals surface area contributed by atoms with Gasteiger partial charge in [0.05, 0.1) is 6.10 Å². The lowest BCUT2D eigenvalue weighted by Crippen LogP contribution is -2.37. The van der Waals surface area contributed by atoms with Crippen LogP contribution in [-0.4, -0.2) is 34.6 Å². The first-order valence-corrected chi connectivity index (χ1v) is 7.96. The summed E-state index contributed by atoms with van der Waals surface area (Å²) in [6, 6.07) is 6.09. The van der Waals surface area contributed by atoms with Crippen LogP contribution in [-0.2, 0) is 0 Å². The molecule has 0 bridgehead atoms. The number of aryl methyl sites for hydroxylation is 2. The highest BCUT2D eigenvalue weighted by Gasteiger charge is 2.33. The van der Waals surface area contributed by atoms with Gasteiger partial charge in [-0.05, 0) is 45.6 Å². The SMILES string of the molecule is Cc1c(C(=O)N2CCCC2CC(C)O)oc2c(C)cccc12. The van der Waals surface area contributed by atoms with Crippen LogP contribution in [0.2, 0.25) is 0 Å². The van der Waals surface area contributed by atoms with Crippen molar-refractivity contribution >= 4 is 16.9 Å². The first kappa shape index (κ1) is 15.1. The number of aliphatic hydroxyl groups excluding tert-OH is 1. The fraction of sp³-hybridized carbons (Fsp3) is 0.500. The Morgan fingerprint density at radius 1 is 1.45 bits per heavy atom. The van der Waals surface area contributed by atoms with Gasteiger partial charge in [-0.2, -0.15) is 0 Å². The molecule has 0 radical (unpaired) electrons. The van der Waals surface area contributed by atoms with Gasteiger partial charge in [0.15, 0.2) is 5.76 Å². The number of fused-ring (bicyclic) bond motifs is 1. The molecule has 0 saturated carbocycles. The van der Waals surface area contributed by atoms with Crippen molar-refractivity contribution in [2.75, 3.05) is 6.54 Å². The summed E-state index contributed by atoms with van der Waals surface area (Å²) in [7, 11) is 0. The molecular formula is C18H23NO3. The average Bonchev–Trinajstić information content (AvgIpc) is 3.04. The second-order valence-electron chi connectivity index (χ2n) is 6.39. The van der Waals surface area contributed by atoms with Gasteiger partial charge in [-0.1, -0.05) is 18.2 Å². The molecule has 4 nitrogen and oxygen atoms in total. The summed E-state index contributed by atoms with van der Waals surface area (Å²) in [5.74, 6) is 0.401. The molecule has 2 heterocycles. The van der Waals surface area contributed by atoms with Gasteiger partial charge in [0.1, 0.15) is 5.58 Å². The topological polar surface area (TPSA) is 53.7 Å². The number of para-hydroxylation sites is 1. The molecule has 3 rings (SSSR count). The molecule has 0 aliphatic carbocycles. The van der Waals surface area contributed by atoms with Crippen LogP contribution in [0, 0.1) is 13.8 Å². The molecule has 4 heteroatoms. The van der Waals surface area contributed by atoms with Gasteiger partial charge < -0.3 is 14.4 Å². The average molecular weight is 301 g/mol. The van der Waals surface area contributed by atoms with E-state index in [-0.39, 0.29) is 11.9 Å². The molecule has 1 aliphatic heterocycles. The summed E-state index contributed by atoms with van der Waals surface area (Å²) in [5, 5.41) is 10.6. The fourth-order valence-electron chi connectivity index (χ4n) is 3.46. The number of nitrogens with zero attached hydrogens (tertiary/aromatic N) is 1. The number of hydrogen-bond acceptors (Lipinski definition) is 3. The Hall–Kier alpha value is -1.81. The van der Waals surface area contributed by atoms with Crippen LogP contribution in [0.3, 0.4) is 0 Å². The zero-order chi connectivity index (χ0) is 15.9. The van der Waals surface area contributed by atoms with Gasteiger partial charge in [0.2, 0.25) is 0 Å². The van der Waals surface area contributed by atoms with Gasteiger partial charge in [-0.15, -0.1) is 0 Å². The molecule has 1 fully saturated rings. The molecule has 1 N–H and O–H groups in total. The van der Waals surface area contributed by atoms with Crippen LogP contribution in [0.1, 0.15) is 47.9 Å². The number of benzene rings is 1. The highest BCUT2D eigenvalue weighted by Crippen LogP contribution is 2.31. The highest BCUT2D eigenvalue weighted by atomic mass is 16.3. The van der Waals surface area contributed by atoms with Gasteiger partial charge in [-0.3, -0.25) is 4.79 Å². The van der Waals surface area contributed by atoms with Crippen molar-refractivity contribution in [3.63, 3.8) is 0 Å². The van der Waals surface area contributed by atoms with E-state index in [0.717, 1.165) is 41.5 Å². The largest absolute Gasteiger partial charge is 0.450 e. The molecule has 118 valence electrons. The monoisotopic (exact) mass is 301 g/mol. The molecule has 0 spiro atoms. The van der Waals surface area contributed by atoms with E-state index in [1.54, 1.807) is 6.92 Å². The number of furan rings is 1. The number of rotatable bonds is 3. The van der Waals surface area contributed by atoms with Gasteiger partial charge in [0.25, 0.3) is 5.91 Å². The Morgan fingerprint density at radius 2 is 2.23 bits per heavy atom. The van der Waals surface area contributed by atoms with E-state index in [1.807, 2.05) is 36.9 Å². The molecule has 2 aromatic rings. The lowest BCUT2D eigenvalue weighted by atomic mass is 10.1. The molecule has 1 aromatic carbocycles. The normalized spacial score (nSPS) is 19.8. The first-order chi connectivity index (χ1) is 10.5. The number of carbonyl (C=O) groups is 1. The molecule has 1 amide bonds. The number of aliphatic hydroxyl groups is 1. The van der Waals surface area contributed by atoms with Crippen molar-refractivity contribution in [3.8, 4) is 0 Å². The summed E-state index contributed by atoms with van der Waals surface area (Å²) < 4.78 is 5.90. The Bertz CT molecular complexity index is 702. The number of likely N-dealkylation sites (tertiary alicyclic amines) is 1. The van der Waals surface area contributed by atoms with E-state index in [4.69, 9.17) is 4.42 Å². The van der Waals surface area contributed by atoms with Crippen molar-refractivity contribution in [1.29, 1.82) is 0 Å². The summed E-state index contributed by atoms with van der Waals surface area (Å²) >= 11 is 0. The Labute approximate surface area is 130 Å². The molecule has 1 saturated heterocycles. The minimum Gasteiger partial charge on any atom is -0.450 e. The van der Waals surface area contributed by atoms with Gasteiger partial charge in [0, 0.05) is 23.5 Å². The third-order valence-corrected chi connectivity index (χ3v) is 4.61.